The standard InChI is InChI=1S/C20H13Cl2N3O2/c1-11-4-5-12(9-15(11)21)20-25-16-10-13(6-7-17(16)27-20)24-19(26)14-3-2-8-23-18(14)22/h2-10H,1H3,(H,24,26). The number of hydrogen-bond donors (Lipinski definition) is 1. The van der Waals surface area contributed by atoms with E-state index in [2.05, 4.69) is 15.3 Å². The zero-order valence-electron chi connectivity index (χ0n) is 14.2. The van der Waals surface area contributed by atoms with Gasteiger partial charge in [-0.05, 0) is 55.0 Å². The van der Waals surface area contributed by atoms with Crippen LogP contribution < -0.4 is 5.32 Å². The van der Waals surface area contributed by atoms with E-state index in [0.717, 1.165) is 11.1 Å². The third-order valence-corrected chi connectivity index (χ3v) is 4.78. The summed E-state index contributed by atoms with van der Waals surface area (Å²) in [5.74, 6) is 0.118. The molecule has 7 heteroatoms. The minimum atomic E-state index is -0.346. The van der Waals surface area contributed by atoms with Gasteiger partial charge in [0, 0.05) is 22.5 Å². The van der Waals surface area contributed by atoms with E-state index in [9.17, 15) is 4.79 Å². The number of nitrogens with zero attached hydrogens (tertiary/aromatic N) is 2. The van der Waals surface area contributed by atoms with Gasteiger partial charge in [-0.3, -0.25) is 4.79 Å². The van der Waals surface area contributed by atoms with Crippen molar-refractivity contribution in [3.05, 3.63) is 76.0 Å². The number of pyridine rings is 1. The minimum Gasteiger partial charge on any atom is -0.436 e. The second-order valence-corrected chi connectivity index (χ2v) is 6.73. The zero-order valence-corrected chi connectivity index (χ0v) is 15.7. The first-order valence-corrected chi connectivity index (χ1v) is 8.86. The number of fused-ring (bicyclic) bond motifs is 1. The van der Waals surface area contributed by atoms with E-state index in [0.29, 0.717) is 33.3 Å². The third kappa shape index (κ3) is 3.52. The second-order valence-electron chi connectivity index (χ2n) is 5.96. The van der Waals surface area contributed by atoms with Crippen molar-refractivity contribution in [2.24, 2.45) is 0 Å². The van der Waals surface area contributed by atoms with E-state index >= 15 is 0 Å². The molecule has 0 radical (unpaired) electrons. The van der Waals surface area contributed by atoms with Crippen molar-refractivity contribution in [3.8, 4) is 11.5 Å². The van der Waals surface area contributed by atoms with Crippen LogP contribution in [0.3, 0.4) is 0 Å². The van der Waals surface area contributed by atoms with Crippen LogP contribution in [0.1, 0.15) is 15.9 Å². The van der Waals surface area contributed by atoms with Crippen molar-refractivity contribution >= 4 is 45.9 Å². The largest absolute Gasteiger partial charge is 0.436 e. The normalized spacial score (nSPS) is 10.9. The molecule has 2 aromatic carbocycles. The number of nitrogens with one attached hydrogen (secondary N) is 1. The van der Waals surface area contributed by atoms with E-state index in [4.69, 9.17) is 27.6 Å². The number of benzene rings is 2. The molecule has 0 aliphatic carbocycles. The summed E-state index contributed by atoms with van der Waals surface area (Å²) in [4.78, 5) is 20.8. The molecule has 0 aliphatic rings. The molecule has 0 saturated carbocycles. The molecule has 0 unspecified atom stereocenters. The highest BCUT2D eigenvalue weighted by molar-refractivity contribution is 6.33. The molecule has 2 heterocycles. The summed E-state index contributed by atoms with van der Waals surface area (Å²) in [6.07, 6.45) is 1.53. The first-order valence-electron chi connectivity index (χ1n) is 8.10. The van der Waals surface area contributed by atoms with Crippen LogP contribution in [0.2, 0.25) is 10.2 Å². The number of rotatable bonds is 3. The number of anilines is 1. The molecule has 0 aliphatic heterocycles. The number of hydrogen-bond acceptors (Lipinski definition) is 4. The van der Waals surface area contributed by atoms with Gasteiger partial charge in [-0.2, -0.15) is 0 Å². The fraction of sp³-hybridized carbons (Fsp3) is 0.0500. The molecule has 1 N–H and O–H groups in total. The summed E-state index contributed by atoms with van der Waals surface area (Å²) in [5, 5.41) is 3.59. The summed E-state index contributed by atoms with van der Waals surface area (Å²) in [7, 11) is 0. The molecule has 0 atom stereocenters. The van der Waals surface area contributed by atoms with Gasteiger partial charge in [0.05, 0.1) is 5.56 Å². The zero-order chi connectivity index (χ0) is 19.0. The van der Waals surface area contributed by atoms with Gasteiger partial charge < -0.3 is 9.73 Å². The van der Waals surface area contributed by atoms with Crippen LogP contribution in [-0.2, 0) is 0 Å². The van der Waals surface area contributed by atoms with Crippen molar-refractivity contribution in [3.63, 3.8) is 0 Å². The topological polar surface area (TPSA) is 68.0 Å². The lowest BCUT2D eigenvalue weighted by atomic mass is 10.1. The first kappa shape index (κ1) is 17.5. The lowest BCUT2D eigenvalue weighted by Gasteiger charge is -2.05. The summed E-state index contributed by atoms with van der Waals surface area (Å²) in [5.41, 5.74) is 3.88. The van der Waals surface area contributed by atoms with Gasteiger partial charge in [0.15, 0.2) is 5.58 Å². The van der Waals surface area contributed by atoms with Crippen molar-refractivity contribution in [2.75, 3.05) is 5.32 Å². The predicted octanol–water partition coefficient (Wildman–Crippen LogP) is 5.76. The molecule has 4 aromatic rings. The molecule has 0 bridgehead atoms. The van der Waals surface area contributed by atoms with Crippen LogP contribution in [0.4, 0.5) is 5.69 Å². The Morgan fingerprint density at radius 3 is 2.74 bits per heavy atom. The smallest absolute Gasteiger partial charge is 0.258 e. The highest BCUT2D eigenvalue weighted by Crippen LogP contribution is 2.29. The van der Waals surface area contributed by atoms with Crippen LogP contribution in [-0.4, -0.2) is 15.9 Å². The number of carbonyl (C=O) groups excluding carboxylic acids is 1. The Morgan fingerprint density at radius 2 is 1.96 bits per heavy atom. The van der Waals surface area contributed by atoms with Crippen molar-refractivity contribution < 1.29 is 9.21 Å². The third-order valence-electron chi connectivity index (χ3n) is 4.07. The molecule has 0 spiro atoms. The number of aromatic nitrogens is 2. The number of oxazole rings is 1. The lowest BCUT2D eigenvalue weighted by Crippen LogP contribution is -2.12. The molecule has 5 nitrogen and oxygen atoms in total. The predicted molar refractivity (Wildman–Crippen MR) is 106 cm³/mol. The quantitative estimate of drug-likeness (QED) is 0.446. The summed E-state index contributed by atoms with van der Waals surface area (Å²) in [6, 6.07) is 14.1. The molecular weight excluding hydrogens is 385 g/mol. The Labute approximate surface area is 165 Å². The fourth-order valence-electron chi connectivity index (χ4n) is 2.61. The maximum absolute atomic E-state index is 12.4. The van der Waals surface area contributed by atoms with Crippen molar-refractivity contribution in [2.45, 2.75) is 6.92 Å². The molecule has 2 aromatic heterocycles. The molecule has 134 valence electrons. The average Bonchev–Trinajstić information content (AvgIpc) is 3.07. The van der Waals surface area contributed by atoms with Gasteiger partial charge >= 0.3 is 0 Å². The summed E-state index contributed by atoms with van der Waals surface area (Å²) >= 11 is 12.1. The monoisotopic (exact) mass is 397 g/mol. The van der Waals surface area contributed by atoms with Gasteiger partial charge in [0.25, 0.3) is 5.91 Å². The molecule has 0 fully saturated rings. The van der Waals surface area contributed by atoms with Gasteiger partial charge in [-0.15, -0.1) is 0 Å². The van der Waals surface area contributed by atoms with Gasteiger partial charge in [0.2, 0.25) is 5.89 Å². The van der Waals surface area contributed by atoms with Gasteiger partial charge in [0.1, 0.15) is 10.7 Å². The van der Waals surface area contributed by atoms with Crippen LogP contribution in [0.15, 0.2) is 59.1 Å². The lowest BCUT2D eigenvalue weighted by molar-refractivity contribution is 0.102. The average molecular weight is 398 g/mol. The Bertz CT molecular complexity index is 1170. The number of aryl methyl sites for hydroxylation is 1. The molecule has 1 amide bonds. The fourth-order valence-corrected chi connectivity index (χ4v) is 2.99. The van der Waals surface area contributed by atoms with Crippen molar-refractivity contribution in [1.29, 1.82) is 0 Å². The van der Waals surface area contributed by atoms with E-state index in [-0.39, 0.29) is 11.1 Å². The number of amides is 1. The second kappa shape index (κ2) is 7.02. The van der Waals surface area contributed by atoms with Crippen LogP contribution in [0.25, 0.3) is 22.6 Å². The number of halogens is 2. The number of carbonyl (C=O) groups is 1. The van der Waals surface area contributed by atoms with Crippen LogP contribution in [0.5, 0.6) is 0 Å². The Balaban J connectivity index is 1.64. The first-order chi connectivity index (χ1) is 13.0. The van der Waals surface area contributed by atoms with Crippen LogP contribution in [0, 0.1) is 6.92 Å². The Morgan fingerprint density at radius 1 is 1.11 bits per heavy atom. The van der Waals surface area contributed by atoms with Crippen LogP contribution >= 0.6 is 23.2 Å². The maximum Gasteiger partial charge on any atom is 0.258 e. The molecule has 4 rings (SSSR count). The highest BCUT2D eigenvalue weighted by atomic mass is 35.5. The Hall–Kier alpha value is -2.89. The Kier molecular flexibility index (Phi) is 4.56. The van der Waals surface area contributed by atoms with E-state index < -0.39 is 0 Å². The van der Waals surface area contributed by atoms with Gasteiger partial charge in [-0.1, -0.05) is 29.3 Å². The van der Waals surface area contributed by atoms with Crippen molar-refractivity contribution in [1.82, 2.24) is 9.97 Å². The molecule has 0 saturated heterocycles. The van der Waals surface area contributed by atoms with E-state index in [1.54, 1.807) is 30.3 Å². The summed E-state index contributed by atoms with van der Waals surface area (Å²) in [6.45, 7) is 1.93. The maximum atomic E-state index is 12.4. The minimum absolute atomic E-state index is 0.149. The highest BCUT2D eigenvalue weighted by Gasteiger charge is 2.13. The molecule has 27 heavy (non-hydrogen) atoms. The van der Waals surface area contributed by atoms with E-state index in [1.165, 1.54) is 6.20 Å². The SMILES string of the molecule is Cc1ccc(-c2nc3cc(NC(=O)c4cccnc4Cl)ccc3o2)cc1Cl. The molecular formula is C20H13Cl2N3O2. The van der Waals surface area contributed by atoms with Gasteiger partial charge in [-0.25, -0.2) is 9.97 Å². The van der Waals surface area contributed by atoms with E-state index in [1.807, 2.05) is 25.1 Å². The summed E-state index contributed by atoms with van der Waals surface area (Å²) < 4.78 is 5.80.